The lowest BCUT2D eigenvalue weighted by atomic mass is 10.0. The number of benzene rings is 2. The van der Waals surface area contributed by atoms with E-state index in [0.29, 0.717) is 11.3 Å². The average Bonchev–Trinajstić information content (AvgIpc) is 2.67. The molecule has 0 aromatic heterocycles. The zero-order valence-electron chi connectivity index (χ0n) is 15.4. The van der Waals surface area contributed by atoms with Crippen LogP contribution in [0.5, 0.6) is 11.5 Å². The molecule has 2 aromatic carbocycles. The highest BCUT2D eigenvalue weighted by molar-refractivity contribution is 6.03. The minimum Gasteiger partial charge on any atom is -0.505 e. The summed E-state index contributed by atoms with van der Waals surface area (Å²) in [5, 5.41) is 12.6. The molecule has 0 atom stereocenters. The smallest absolute Gasteiger partial charge is 0.341 e. The fraction of sp³-hybridized carbons (Fsp3) is 0.250. The van der Waals surface area contributed by atoms with Crippen molar-refractivity contribution in [3.8, 4) is 11.5 Å². The highest BCUT2D eigenvalue weighted by Crippen LogP contribution is 2.28. The number of aryl methyl sites for hydroxylation is 1. The van der Waals surface area contributed by atoms with Gasteiger partial charge in [-0.25, -0.2) is 4.79 Å². The molecule has 1 amide bonds. The minimum absolute atomic E-state index is 0.0247. The summed E-state index contributed by atoms with van der Waals surface area (Å²) in [6.45, 7) is 1.86. The molecule has 2 rings (SSSR count). The average molecular weight is 371 g/mol. The van der Waals surface area contributed by atoms with Crippen LogP contribution in [-0.2, 0) is 9.53 Å². The third kappa shape index (κ3) is 4.84. The normalized spacial score (nSPS) is 10.2. The van der Waals surface area contributed by atoms with E-state index in [0.717, 1.165) is 5.56 Å². The molecule has 0 aliphatic rings. The summed E-state index contributed by atoms with van der Waals surface area (Å²) in [4.78, 5) is 36.1. The van der Waals surface area contributed by atoms with Gasteiger partial charge < -0.3 is 19.9 Å². The molecule has 0 fully saturated rings. The molecule has 2 aromatic rings. The number of Topliss-reactive ketones (excluding diaryl/α,β-unsaturated/α-hetero) is 1. The van der Waals surface area contributed by atoms with Gasteiger partial charge in [-0.15, -0.1) is 0 Å². The first-order chi connectivity index (χ1) is 12.9. The van der Waals surface area contributed by atoms with Crippen molar-refractivity contribution < 1.29 is 29.0 Å². The third-order valence-electron chi connectivity index (χ3n) is 3.95. The van der Waals surface area contributed by atoms with E-state index in [4.69, 9.17) is 4.74 Å². The Hall–Kier alpha value is -3.35. The summed E-state index contributed by atoms with van der Waals surface area (Å²) in [6, 6.07) is 9.59. The van der Waals surface area contributed by atoms with Crippen molar-refractivity contribution in [2.45, 2.75) is 19.8 Å². The van der Waals surface area contributed by atoms with Gasteiger partial charge in [-0.05, 0) is 31.2 Å². The van der Waals surface area contributed by atoms with Crippen LogP contribution in [0, 0.1) is 6.92 Å². The van der Waals surface area contributed by atoms with E-state index in [1.165, 1.54) is 32.4 Å². The maximum atomic E-state index is 12.4. The van der Waals surface area contributed by atoms with Crippen LogP contribution in [0.1, 0.15) is 39.1 Å². The van der Waals surface area contributed by atoms with Crippen LogP contribution in [-0.4, -0.2) is 37.0 Å². The first kappa shape index (κ1) is 20.0. The number of phenolic OH excluding ortho intramolecular Hbond substituents is 1. The number of hydrogen-bond donors (Lipinski definition) is 2. The van der Waals surface area contributed by atoms with Crippen molar-refractivity contribution in [3.63, 3.8) is 0 Å². The molecular weight excluding hydrogens is 350 g/mol. The number of para-hydroxylation sites is 1. The number of hydrogen-bond acceptors (Lipinski definition) is 6. The van der Waals surface area contributed by atoms with Crippen molar-refractivity contribution in [3.05, 3.63) is 53.1 Å². The van der Waals surface area contributed by atoms with Gasteiger partial charge in [0.1, 0.15) is 11.3 Å². The number of phenols is 1. The van der Waals surface area contributed by atoms with Crippen LogP contribution in [0.2, 0.25) is 0 Å². The van der Waals surface area contributed by atoms with E-state index in [-0.39, 0.29) is 35.6 Å². The number of carbonyl (C=O) groups is 3. The first-order valence-corrected chi connectivity index (χ1v) is 8.25. The Morgan fingerprint density at radius 3 is 2.44 bits per heavy atom. The molecule has 0 radical (unpaired) electrons. The van der Waals surface area contributed by atoms with Crippen molar-refractivity contribution in [1.29, 1.82) is 0 Å². The number of methoxy groups -OCH3 is 2. The van der Waals surface area contributed by atoms with Gasteiger partial charge in [0.25, 0.3) is 0 Å². The highest BCUT2D eigenvalue weighted by atomic mass is 16.5. The largest absolute Gasteiger partial charge is 0.505 e. The molecule has 142 valence electrons. The van der Waals surface area contributed by atoms with Crippen molar-refractivity contribution in [1.82, 2.24) is 0 Å². The molecule has 0 spiro atoms. The van der Waals surface area contributed by atoms with E-state index in [1.54, 1.807) is 12.1 Å². The fourth-order valence-corrected chi connectivity index (χ4v) is 2.53. The second-order valence-corrected chi connectivity index (χ2v) is 5.87. The summed E-state index contributed by atoms with van der Waals surface area (Å²) >= 11 is 0. The minimum atomic E-state index is -0.717. The molecule has 2 N–H and O–H groups in total. The van der Waals surface area contributed by atoms with Crippen LogP contribution < -0.4 is 10.1 Å². The molecule has 0 aliphatic heterocycles. The molecule has 7 nitrogen and oxygen atoms in total. The third-order valence-corrected chi connectivity index (χ3v) is 3.95. The van der Waals surface area contributed by atoms with Gasteiger partial charge >= 0.3 is 5.97 Å². The molecule has 0 aliphatic carbocycles. The van der Waals surface area contributed by atoms with E-state index >= 15 is 0 Å². The maximum Gasteiger partial charge on any atom is 0.341 e. The Bertz CT molecular complexity index is 875. The van der Waals surface area contributed by atoms with Crippen LogP contribution in [0.4, 0.5) is 5.69 Å². The van der Waals surface area contributed by atoms with Crippen LogP contribution in [0.25, 0.3) is 0 Å². The van der Waals surface area contributed by atoms with Crippen LogP contribution in [0.3, 0.4) is 0 Å². The Kier molecular flexibility index (Phi) is 6.54. The summed E-state index contributed by atoms with van der Waals surface area (Å²) in [7, 11) is 2.67. The zero-order chi connectivity index (χ0) is 20.0. The Morgan fingerprint density at radius 1 is 1.04 bits per heavy atom. The predicted octanol–water partition coefficient (Wildman–Crippen LogP) is 3.10. The monoisotopic (exact) mass is 371 g/mol. The molecule has 0 saturated heterocycles. The summed E-state index contributed by atoms with van der Waals surface area (Å²) in [6.07, 6.45) is -0.110. The molecule has 0 unspecified atom stereocenters. The number of nitrogens with one attached hydrogen (secondary N) is 1. The van der Waals surface area contributed by atoms with Crippen molar-refractivity contribution >= 4 is 23.3 Å². The predicted molar refractivity (Wildman–Crippen MR) is 99.4 cm³/mol. The number of amides is 1. The number of ketones is 1. The van der Waals surface area contributed by atoms with E-state index < -0.39 is 11.9 Å². The number of aromatic hydroxyl groups is 1. The summed E-state index contributed by atoms with van der Waals surface area (Å²) in [5.41, 5.74) is 1.34. The lowest BCUT2D eigenvalue weighted by Crippen LogP contribution is -2.14. The van der Waals surface area contributed by atoms with Gasteiger partial charge in [0.15, 0.2) is 11.5 Å². The molecule has 0 saturated carbocycles. The van der Waals surface area contributed by atoms with Gasteiger partial charge in [-0.3, -0.25) is 9.59 Å². The number of carbonyl (C=O) groups excluding carboxylic acids is 3. The fourth-order valence-electron chi connectivity index (χ4n) is 2.53. The quantitative estimate of drug-likeness (QED) is 0.440. The molecule has 0 bridgehead atoms. The molecule has 0 heterocycles. The Morgan fingerprint density at radius 2 is 1.78 bits per heavy atom. The van der Waals surface area contributed by atoms with E-state index in [2.05, 4.69) is 10.1 Å². The number of anilines is 1. The van der Waals surface area contributed by atoms with Gasteiger partial charge in [-0.1, -0.05) is 17.7 Å². The maximum absolute atomic E-state index is 12.4. The molecular formula is C20H21NO6. The van der Waals surface area contributed by atoms with Gasteiger partial charge in [0, 0.05) is 12.8 Å². The van der Waals surface area contributed by atoms with Crippen LogP contribution >= 0.6 is 0 Å². The van der Waals surface area contributed by atoms with Gasteiger partial charge in [0.05, 0.1) is 25.5 Å². The van der Waals surface area contributed by atoms with Crippen molar-refractivity contribution in [2.24, 2.45) is 0 Å². The molecule has 7 heteroatoms. The lowest BCUT2D eigenvalue weighted by Gasteiger charge is -2.11. The highest BCUT2D eigenvalue weighted by Gasteiger charge is 2.18. The Balaban J connectivity index is 2.04. The second kappa shape index (κ2) is 8.84. The van der Waals surface area contributed by atoms with Crippen molar-refractivity contribution in [2.75, 3.05) is 19.5 Å². The van der Waals surface area contributed by atoms with Gasteiger partial charge in [0.2, 0.25) is 5.91 Å². The summed E-state index contributed by atoms with van der Waals surface area (Å²) in [5.74, 6) is -1.34. The lowest BCUT2D eigenvalue weighted by molar-refractivity contribution is -0.116. The Labute approximate surface area is 156 Å². The standard InChI is InChI=1S/C20H21NO6/c1-12-7-9-17(26-2)14(11-12)16(22)8-10-18(23)21-15-6-4-5-13(19(15)24)20(25)27-3/h4-7,9,11,24H,8,10H2,1-3H3,(H,21,23). The first-order valence-electron chi connectivity index (χ1n) is 8.25. The number of rotatable bonds is 7. The summed E-state index contributed by atoms with van der Waals surface area (Å²) < 4.78 is 9.76. The van der Waals surface area contributed by atoms with E-state index in [9.17, 15) is 19.5 Å². The second-order valence-electron chi connectivity index (χ2n) is 5.87. The number of esters is 1. The zero-order valence-corrected chi connectivity index (χ0v) is 15.4. The van der Waals surface area contributed by atoms with Crippen LogP contribution in [0.15, 0.2) is 36.4 Å². The SMILES string of the molecule is COC(=O)c1cccc(NC(=O)CCC(=O)c2cc(C)ccc2OC)c1O. The molecule has 27 heavy (non-hydrogen) atoms. The number of ether oxygens (including phenoxy) is 2. The van der Waals surface area contributed by atoms with E-state index in [1.807, 2.05) is 13.0 Å². The van der Waals surface area contributed by atoms with Gasteiger partial charge in [-0.2, -0.15) is 0 Å². The topological polar surface area (TPSA) is 102 Å².